The molecule has 1 rings (SSSR count). The van der Waals surface area contributed by atoms with Crippen LogP contribution in [0.2, 0.25) is 0 Å². The molecule has 57 heavy (non-hydrogen) atoms. The van der Waals surface area contributed by atoms with E-state index in [1.54, 1.807) is 0 Å². The maximum absolute atomic E-state index is 12.8. The molecule has 6 unspecified atom stereocenters. The Balaban J connectivity index is 2.27. The molecule has 1 saturated heterocycles. The number of carbonyl (C=O) groups is 1. The van der Waals surface area contributed by atoms with Crippen molar-refractivity contribution < 1.29 is 44.2 Å². The van der Waals surface area contributed by atoms with E-state index < -0.39 is 43.4 Å². The van der Waals surface area contributed by atoms with E-state index >= 15 is 0 Å². The SMILES string of the molecule is CC/C=C\C/C=C\C/C=C\CCCCCCCC(=O)OC(COCCCCCCCCCC/C=C\C/C=C\CCCCCC)COC1OC(CO)C(O)C(O)C1O. The first kappa shape index (κ1) is 52.9. The third kappa shape index (κ3) is 30.6. The van der Waals surface area contributed by atoms with Crippen molar-refractivity contribution in [2.24, 2.45) is 0 Å². The summed E-state index contributed by atoms with van der Waals surface area (Å²) in [4.78, 5) is 12.8. The molecule has 9 nitrogen and oxygen atoms in total. The lowest BCUT2D eigenvalue weighted by molar-refractivity contribution is -0.305. The molecule has 0 saturated carbocycles. The van der Waals surface area contributed by atoms with Gasteiger partial charge in [0.2, 0.25) is 0 Å². The Morgan fingerprint density at radius 1 is 0.579 bits per heavy atom. The van der Waals surface area contributed by atoms with Crippen molar-refractivity contribution >= 4 is 5.97 Å². The monoisotopic (exact) mass is 805 g/mol. The third-order valence-corrected chi connectivity index (χ3v) is 10.2. The fourth-order valence-corrected chi connectivity index (χ4v) is 6.59. The van der Waals surface area contributed by atoms with Gasteiger partial charge in [-0.1, -0.05) is 152 Å². The van der Waals surface area contributed by atoms with Crippen molar-refractivity contribution in [3.05, 3.63) is 60.8 Å². The number of ether oxygens (including phenoxy) is 4. The molecule has 0 aromatic heterocycles. The number of unbranched alkanes of at least 4 members (excludes halogenated alkanes) is 17. The van der Waals surface area contributed by atoms with Crippen LogP contribution in [0.15, 0.2) is 60.8 Å². The van der Waals surface area contributed by atoms with Crippen LogP contribution >= 0.6 is 0 Å². The highest BCUT2D eigenvalue weighted by Crippen LogP contribution is 2.22. The molecule has 0 aromatic rings. The van der Waals surface area contributed by atoms with Crippen molar-refractivity contribution in [2.45, 2.75) is 211 Å². The van der Waals surface area contributed by atoms with Gasteiger partial charge in [-0.3, -0.25) is 4.79 Å². The summed E-state index contributed by atoms with van der Waals surface area (Å²) in [5, 5.41) is 40.1. The smallest absolute Gasteiger partial charge is 0.306 e. The van der Waals surface area contributed by atoms with Crippen molar-refractivity contribution in [1.82, 2.24) is 0 Å². The zero-order chi connectivity index (χ0) is 41.4. The van der Waals surface area contributed by atoms with E-state index in [0.29, 0.717) is 13.0 Å². The second-order valence-corrected chi connectivity index (χ2v) is 15.5. The van der Waals surface area contributed by atoms with E-state index in [-0.39, 0.29) is 19.2 Å². The van der Waals surface area contributed by atoms with E-state index in [9.17, 15) is 25.2 Å². The Morgan fingerprint density at radius 3 is 1.61 bits per heavy atom. The molecule has 1 fully saturated rings. The summed E-state index contributed by atoms with van der Waals surface area (Å²) in [6, 6.07) is 0. The highest BCUT2D eigenvalue weighted by molar-refractivity contribution is 5.69. The van der Waals surface area contributed by atoms with Gasteiger partial charge in [0.1, 0.15) is 30.5 Å². The van der Waals surface area contributed by atoms with Gasteiger partial charge < -0.3 is 39.4 Å². The number of hydrogen-bond acceptors (Lipinski definition) is 9. The molecule has 1 aliphatic rings. The number of rotatable bonds is 38. The van der Waals surface area contributed by atoms with Crippen LogP contribution in [0.5, 0.6) is 0 Å². The quantitative estimate of drug-likeness (QED) is 0.0273. The molecule has 0 aromatic carbocycles. The molecular weight excluding hydrogens is 721 g/mol. The summed E-state index contributed by atoms with van der Waals surface area (Å²) in [6.45, 7) is 4.39. The summed E-state index contributed by atoms with van der Waals surface area (Å²) >= 11 is 0. The molecule has 0 radical (unpaired) electrons. The van der Waals surface area contributed by atoms with E-state index in [0.717, 1.165) is 77.0 Å². The predicted molar refractivity (Wildman–Crippen MR) is 233 cm³/mol. The lowest BCUT2D eigenvalue weighted by atomic mass is 9.99. The number of aliphatic hydroxyl groups excluding tert-OH is 4. The Bertz CT molecular complexity index is 1050. The number of hydrogen-bond donors (Lipinski definition) is 4. The standard InChI is InChI=1S/C48H84O9/c1-3-5-7-9-11-13-15-17-19-20-21-22-24-26-28-30-32-34-36-38-54-40-42(41-55-48-47(53)46(52)45(51)43(39-49)57-48)56-44(50)37-35-33-31-29-27-25-23-18-16-14-12-10-8-6-4-2/h6,8,12-15,18-20,23,42-43,45-49,51-53H,3-5,7,9-11,16-17,21-22,24-41H2,1-2H3/b8-6-,14-12-,15-13-,20-19-,23-18-. The zero-order valence-corrected chi connectivity index (χ0v) is 36.1. The highest BCUT2D eigenvalue weighted by Gasteiger charge is 2.44. The van der Waals surface area contributed by atoms with Gasteiger partial charge in [-0.2, -0.15) is 0 Å². The van der Waals surface area contributed by atoms with Crippen LogP contribution in [0.3, 0.4) is 0 Å². The van der Waals surface area contributed by atoms with Crippen LogP contribution in [0.1, 0.15) is 174 Å². The molecule has 330 valence electrons. The summed E-state index contributed by atoms with van der Waals surface area (Å²) in [6.07, 6.45) is 42.4. The summed E-state index contributed by atoms with van der Waals surface area (Å²) < 4.78 is 22.8. The normalized spacial score (nSPS) is 21.0. The minimum absolute atomic E-state index is 0.125. The summed E-state index contributed by atoms with van der Waals surface area (Å²) in [7, 11) is 0. The van der Waals surface area contributed by atoms with Gasteiger partial charge in [-0.05, 0) is 77.0 Å². The van der Waals surface area contributed by atoms with Gasteiger partial charge in [0, 0.05) is 13.0 Å². The Morgan fingerprint density at radius 2 is 1.07 bits per heavy atom. The topological polar surface area (TPSA) is 135 Å². The van der Waals surface area contributed by atoms with Gasteiger partial charge in [0.25, 0.3) is 0 Å². The fourth-order valence-electron chi connectivity index (χ4n) is 6.59. The van der Waals surface area contributed by atoms with Crippen LogP contribution in [-0.4, -0.2) is 89.6 Å². The average molecular weight is 805 g/mol. The van der Waals surface area contributed by atoms with Crippen molar-refractivity contribution in [2.75, 3.05) is 26.4 Å². The molecule has 1 aliphatic heterocycles. The average Bonchev–Trinajstić information content (AvgIpc) is 3.21. The van der Waals surface area contributed by atoms with Crippen molar-refractivity contribution in [1.29, 1.82) is 0 Å². The first-order valence-electron chi connectivity index (χ1n) is 22.9. The van der Waals surface area contributed by atoms with Crippen LogP contribution in [0, 0.1) is 0 Å². The number of esters is 1. The maximum atomic E-state index is 12.8. The molecule has 0 spiro atoms. The first-order chi connectivity index (χ1) is 27.9. The Kier molecular flexibility index (Phi) is 36.5. The minimum Gasteiger partial charge on any atom is -0.457 e. The molecule has 6 atom stereocenters. The van der Waals surface area contributed by atoms with Gasteiger partial charge in [0.15, 0.2) is 6.29 Å². The largest absolute Gasteiger partial charge is 0.457 e. The minimum atomic E-state index is -1.54. The van der Waals surface area contributed by atoms with Crippen LogP contribution in [-0.2, 0) is 23.7 Å². The van der Waals surface area contributed by atoms with E-state index in [1.165, 1.54) is 77.0 Å². The molecule has 9 heteroatoms. The second-order valence-electron chi connectivity index (χ2n) is 15.5. The van der Waals surface area contributed by atoms with E-state index in [2.05, 4.69) is 74.6 Å². The molecule has 1 heterocycles. The molecule has 0 aliphatic carbocycles. The zero-order valence-electron chi connectivity index (χ0n) is 36.1. The van der Waals surface area contributed by atoms with Crippen molar-refractivity contribution in [3.63, 3.8) is 0 Å². The first-order valence-corrected chi connectivity index (χ1v) is 22.9. The fraction of sp³-hybridized carbons (Fsp3) is 0.771. The lowest BCUT2D eigenvalue weighted by Crippen LogP contribution is -2.59. The summed E-state index contributed by atoms with van der Waals surface area (Å²) in [5.74, 6) is -0.334. The number of aliphatic hydroxyl groups is 4. The highest BCUT2D eigenvalue weighted by atomic mass is 16.7. The molecule has 4 N–H and O–H groups in total. The molecule has 0 bridgehead atoms. The van der Waals surface area contributed by atoms with Gasteiger partial charge in [-0.25, -0.2) is 0 Å². The number of carbonyl (C=O) groups excluding carboxylic acids is 1. The van der Waals surface area contributed by atoms with Crippen LogP contribution in [0.4, 0.5) is 0 Å². The summed E-state index contributed by atoms with van der Waals surface area (Å²) in [5.41, 5.74) is 0. The molecule has 0 amide bonds. The van der Waals surface area contributed by atoms with Gasteiger partial charge in [-0.15, -0.1) is 0 Å². The van der Waals surface area contributed by atoms with Crippen LogP contribution < -0.4 is 0 Å². The molecular formula is C48H84O9. The Labute approximate surface area is 347 Å². The Hall–Kier alpha value is -2.11. The second kappa shape index (κ2) is 39.4. The third-order valence-electron chi connectivity index (χ3n) is 10.2. The van der Waals surface area contributed by atoms with Gasteiger partial charge in [0.05, 0.1) is 19.8 Å². The number of allylic oxidation sites excluding steroid dienone is 10. The van der Waals surface area contributed by atoms with Gasteiger partial charge >= 0.3 is 5.97 Å². The lowest BCUT2D eigenvalue weighted by Gasteiger charge is -2.39. The van der Waals surface area contributed by atoms with E-state index in [1.807, 2.05) is 0 Å². The predicted octanol–water partition coefficient (Wildman–Crippen LogP) is 10.3. The maximum Gasteiger partial charge on any atom is 0.306 e. The van der Waals surface area contributed by atoms with Crippen molar-refractivity contribution in [3.8, 4) is 0 Å². The van der Waals surface area contributed by atoms with E-state index in [4.69, 9.17) is 18.9 Å². The van der Waals surface area contributed by atoms with Crippen LogP contribution in [0.25, 0.3) is 0 Å².